The number of pyridine rings is 1. The standard InChI is InChI=1S/C26H24ClN3O7/c1-34-19-7-12-6-16(29-21(12)24(36-3)23(19)35-2)25(32)30-11-14(9-27)20-15-5-13(26(33)37-4)10-28-22(15)18(31)8-17(20)30/h5-8,10,14,29,31H,9,11H2,1-4H3/t14-/m1/s1. The molecule has 2 aromatic heterocycles. The lowest BCUT2D eigenvalue weighted by atomic mass is 9.97. The van der Waals surface area contributed by atoms with E-state index in [4.69, 9.17) is 30.5 Å². The summed E-state index contributed by atoms with van der Waals surface area (Å²) in [4.78, 5) is 34.9. The van der Waals surface area contributed by atoms with Gasteiger partial charge in [-0.25, -0.2) is 4.79 Å². The molecule has 0 bridgehead atoms. The van der Waals surface area contributed by atoms with Crippen LogP contribution < -0.4 is 19.1 Å². The smallest absolute Gasteiger partial charge is 0.339 e. The van der Waals surface area contributed by atoms with Gasteiger partial charge in [0.2, 0.25) is 5.75 Å². The zero-order chi connectivity index (χ0) is 26.4. The molecule has 11 heteroatoms. The maximum Gasteiger partial charge on any atom is 0.339 e. The Morgan fingerprint density at radius 2 is 1.86 bits per heavy atom. The van der Waals surface area contributed by atoms with Crippen molar-refractivity contribution in [2.45, 2.75) is 5.92 Å². The number of hydrogen-bond acceptors (Lipinski definition) is 8. The van der Waals surface area contributed by atoms with Crippen LogP contribution >= 0.6 is 11.6 Å². The Balaban J connectivity index is 1.65. The topological polar surface area (TPSA) is 123 Å². The number of aromatic hydroxyl groups is 1. The second-order valence-corrected chi connectivity index (χ2v) is 8.81. The number of halogens is 1. The lowest BCUT2D eigenvalue weighted by molar-refractivity contribution is 0.0600. The predicted molar refractivity (Wildman–Crippen MR) is 138 cm³/mol. The molecule has 5 rings (SSSR count). The highest BCUT2D eigenvalue weighted by molar-refractivity contribution is 6.19. The number of methoxy groups -OCH3 is 4. The number of rotatable bonds is 6. The number of nitrogens with one attached hydrogen (secondary N) is 1. The number of amides is 1. The van der Waals surface area contributed by atoms with Crippen molar-refractivity contribution in [2.75, 3.05) is 45.8 Å². The Hall–Kier alpha value is -4.18. The second kappa shape index (κ2) is 9.36. The Morgan fingerprint density at radius 3 is 2.51 bits per heavy atom. The van der Waals surface area contributed by atoms with Gasteiger partial charge < -0.3 is 33.9 Å². The van der Waals surface area contributed by atoms with Crippen LogP contribution in [-0.4, -0.2) is 67.8 Å². The molecule has 0 radical (unpaired) electrons. The number of ether oxygens (including phenoxy) is 4. The van der Waals surface area contributed by atoms with E-state index in [-0.39, 0.29) is 35.6 Å². The summed E-state index contributed by atoms with van der Waals surface area (Å²) in [6.45, 7) is 0.276. The van der Waals surface area contributed by atoms with Crippen LogP contribution in [0, 0.1) is 0 Å². The Labute approximate surface area is 216 Å². The molecule has 1 aliphatic heterocycles. The summed E-state index contributed by atoms with van der Waals surface area (Å²) in [5.41, 5.74) is 2.63. The highest BCUT2D eigenvalue weighted by atomic mass is 35.5. The molecule has 1 aliphatic rings. The number of phenols is 1. The largest absolute Gasteiger partial charge is 0.506 e. The minimum Gasteiger partial charge on any atom is -0.506 e. The van der Waals surface area contributed by atoms with Crippen LogP contribution in [0.4, 0.5) is 5.69 Å². The van der Waals surface area contributed by atoms with Crippen LogP contribution in [0.15, 0.2) is 30.5 Å². The average Bonchev–Trinajstić information content (AvgIpc) is 3.52. The minimum absolute atomic E-state index is 0.119. The first-order valence-electron chi connectivity index (χ1n) is 11.3. The van der Waals surface area contributed by atoms with E-state index in [9.17, 15) is 14.7 Å². The Morgan fingerprint density at radius 1 is 1.11 bits per heavy atom. The molecular weight excluding hydrogens is 502 g/mol. The van der Waals surface area contributed by atoms with E-state index in [0.717, 1.165) is 5.56 Å². The molecule has 1 amide bonds. The summed E-state index contributed by atoms with van der Waals surface area (Å²) >= 11 is 6.33. The zero-order valence-electron chi connectivity index (χ0n) is 20.5. The first-order chi connectivity index (χ1) is 17.9. The average molecular weight is 526 g/mol. The van der Waals surface area contributed by atoms with Crippen molar-refractivity contribution in [2.24, 2.45) is 0 Å². The number of H-pyrrole nitrogens is 1. The number of anilines is 1. The number of phenolic OH excluding ortho intramolecular Hbond substituents is 1. The number of nitrogens with zero attached hydrogens (tertiary/aromatic N) is 2. The number of hydrogen-bond donors (Lipinski definition) is 2. The molecule has 0 aliphatic carbocycles. The predicted octanol–water partition coefficient (Wildman–Crippen LogP) is 4.22. The fourth-order valence-electron chi connectivity index (χ4n) is 4.90. The van der Waals surface area contributed by atoms with E-state index < -0.39 is 5.97 Å². The molecule has 3 heterocycles. The van der Waals surface area contributed by atoms with Crippen LogP contribution in [0.25, 0.3) is 21.8 Å². The van der Waals surface area contributed by atoms with Gasteiger partial charge in [-0.1, -0.05) is 0 Å². The van der Waals surface area contributed by atoms with E-state index in [2.05, 4.69) is 9.97 Å². The summed E-state index contributed by atoms with van der Waals surface area (Å²) in [7, 11) is 5.81. The second-order valence-electron chi connectivity index (χ2n) is 8.50. The van der Waals surface area contributed by atoms with Crippen molar-refractivity contribution in [1.29, 1.82) is 0 Å². The molecule has 37 heavy (non-hydrogen) atoms. The molecule has 4 aromatic rings. The molecule has 2 aromatic carbocycles. The van der Waals surface area contributed by atoms with Crippen molar-refractivity contribution in [3.05, 3.63) is 47.3 Å². The minimum atomic E-state index is -0.558. The van der Waals surface area contributed by atoms with Crippen LogP contribution in [0.3, 0.4) is 0 Å². The number of carbonyl (C=O) groups excluding carboxylic acids is 2. The van der Waals surface area contributed by atoms with Gasteiger partial charge in [0.25, 0.3) is 5.91 Å². The van der Waals surface area contributed by atoms with E-state index in [1.807, 2.05) is 0 Å². The fraction of sp³-hybridized carbons (Fsp3) is 0.269. The van der Waals surface area contributed by atoms with Gasteiger partial charge in [-0.05, 0) is 23.8 Å². The number of aromatic nitrogens is 2. The molecule has 1 atom stereocenters. The summed E-state index contributed by atoms with van der Waals surface area (Å²) < 4.78 is 21.2. The summed E-state index contributed by atoms with van der Waals surface area (Å²) in [5, 5.41) is 12.0. The maximum absolute atomic E-state index is 13.8. The van der Waals surface area contributed by atoms with Crippen LogP contribution in [0.5, 0.6) is 23.0 Å². The van der Waals surface area contributed by atoms with Gasteiger partial charge >= 0.3 is 5.97 Å². The van der Waals surface area contributed by atoms with Crippen molar-refractivity contribution in [1.82, 2.24) is 9.97 Å². The van der Waals surface area contributed by atoms with Crippen LogP contribution in [0.1, 0.15) is 32.3 Å². The number of alkyl halides is 1. The highest BCUT2D eigenvalue weighted by Gasteiger charge is 2.36. The van der Waals surface area contributed by atoms with E-state index >= 15 is 0 Å². The third kappa shape index (κ3) is 3.75. The van der Waals surface area contributed by atoms with E-state index in [1.54, 1.807) is 23.1 Å². The first kappa shape index (κ1) is 24.5. The molecule has 0 saturated carbocycles. The summed E-state index contributed by atoms with van der Waals surface area (Å²) in [5.74, 6) is 0.221. The lowest BCUT2D eigenvalue weighted by Crippen LogP contribution is -2.30. The van der Waals surface area contributed by atoms with E-state index in [0.29, 0.717) is 50.4 Å². The number of aromatic amines is 1. The number of fused-ring (bicyclic) bond motifs is 4. The van der Waals surface area contributed by atoms with Crippen LogP contribution in [-0.2, 0) is 4.74 Å². The van der Waals surface area contributed by atoms with Crippen LogP contribution in [0.2, 0.25) is 0 Å². The number of benzene rings is 2. The molecule has 10 nitrogen and oxygen atoms in total. The zero-order valence-corrected chi connectivity index (χ0v) is 21.3. The third-order valence-electron chi connectivity index (χ3n) is 6.57. The first-order valence-corrected chi connectivity index (χ1v) is 11.8. The molecular formula is C26H24ClN3O7. The van der Waals surface area contributed by atoms with Gasteiger partial charge in [0.05, 0.1) is 45.2 Å². The van der Waals surface area contributed by atoms with Gasteiger partial charge in [0.15, 0.2) is 11.5 Å². The van der Waals surface area contributed by atoms with E-state index in [1.165, 1.54) is 40.7 Å². The Bertz CT molecular complexity index is 1570. The normalized spacial score (nSPS) is 14.6. The van der Waals surface area contributed by atoms with Crippen molar-refractivity contribution < 1.29 is 33.6 Å². The molecule has 192 valence electrons. The number of carbonyl (C=O) groups is 2. The van der Waals surface area contributed by atoms with Gasteiger partial charge in [0, 0.05) is 41.4 Å². The highest BCUT2D eigenvalue weighted by Crippen LogP contribution is 2.46. The van der Waals surface area contributed by atoms with Gasteiger partial charge in [-0.15, -0.1) is 11.6 Å². The van der Waals surface area contributed by atoms with Gasteiger partial charge in [-0.2, -0.15) is 0 Å². The van der Waals surface area contributed by atoms with Gasteiger partial charge in [-0.3, -0.25) is 9.78 Å². The van der Waals surface area contributed by atoms with Crippen molar-refractivity contribution in [3.8, 4) is 23.0 Å². The SMILES string of the molecule is COC(=O)c1cnc2c(O)cc3c(c2c1)[C@H](CCl)CN3C(=O)c1cc2cc(OC)c(OC)c(OC)c2[nH]1. The third-order valence-corrected chi connectivity index (χ3v) is 6.95. The summed E-state index contributed by atoms with van der Waals surface area (Å²) in [6.07, 6.45) is 1.34. The Kier molecular flexibility index (Phi) is 6.20. The lowest BCUT2D eigenvalue weighted by Gasteiger charge is -2.17. The molecule has 0 saturated heterocycles. The number of esters is 1. The molecule has 0 spiro atoms. The monoisotopic (exact) mass is 525 g/mol. The van der Waals surface area contributed by atoms with Gasteiger partial charge in [0.1, 0.15) is 17.0 Å². The molecule has 0 unspecified atom stereocenters. The fourth-order valence-corrected chi connectivity index (χ4v) is 5.15. The van der Waals surface area contributed by atoms with Crippen molar-refractivity contribution in [3.63, 3.8) is 0 Å². The summed E-state index contributed by atoms with van der Waals surface area (Å²) in [6, 6.07) is 6.56. The molecule has 2 N–H and O–H groups in total. The molecule has 0 fully saturated rings. The maximum atomic E-state index is 13.8. The quantitative estimate of drug-likeness (QED) is 0.283. The van der Waals surface area contributed by atoms with Crippen molar-refractivity contribution >= 4 is 51.0 Å².